The summed E-state index contributed by atoms with van der Waals surface area (Å²) >= 11 is 0. The van der Waals surface area contributed by atoms with Crippen molar-refractivity contribution in [1.82, 2.24) is 10.6 Å². The predicted octanol–water partition coefficient (Wildman–Crippen LogP) is 3.48. The standard InChI is InChI=1S/C18H27N3O2.HI/c1-3-23-17(22)15-11-9-14(10-12-15)13-20-18(19-2)21-16-7-5-4-6-8-16;/h9-12,16H,3-8,13H2,1-2H3,(H2,19,20,21);1H. The van der Waals surface area contributed by atoms with Gasteiger partial charge in [0.2, 0.25) is 0 Å². The van der Waals surface area contributed by atoms with Crippen LogP contribution < -0.4 is 10.6 Å². The molecule has 1 aliphatic rings. The lowest BCUT2D eigenvalue weighted by Crippen LogP contribution is -2.43. The predicted molar refractivity (Wildman–Crippen MR) is 108 cm³/mol. The van der Waals surface area contributed by atoms with E-state index in [0.29, 0.717) is 24.8 Å². The van der Waals surface area contributed by atoms with E-state index in [2.05, 4.69) is 15.6 Å². The van der Waals surface area contributed by atoms with Crippen LogP contribution in [0.5, 0.6) is 0 Å². The zero-order valence-electron chi connectivity index (χ0n) is 14.5. The number of carbonyl (C=O) groups is 1. The number of ether oxygens (including phenoxy) is 1. The fraction of sp³-hybridized carbons (Fsp3) is 0.556. The van der Waals surface area contributed by atoms with Crippen molar-refractivity contribution in [2.24, 2.45) is 4.99 Å². The highest BCUT2D eigenvalue weighted by atomic mass is 127. The van der Waals surface area contributed by atoms with Gasteiger partial charge in [0, 0.05) is 19.6 Å². The second-order valence-electron chi connectivity index (χ2n) is 5.82. The lowest BCUT2D eigenvalue weighted by atomic mass is 9.96. The molecule has 2 rings (SSSR count). The van der Waals surface area contributed by atoms with Crippen LogP contribution in [0.15, 0.2) is 29.3 Å². The summed E-state index contributed by atoms with van der Waals surface area (Å²) in [5.41, 5.74) is 1.69. The second-order valence-corrected chi connectivity index (χ2v) is 5.82. The maximum Gasteiger partial charge on any atom is 0.338 e. The Labute approximate surface area is 161 Å². The van der Waals surface area contributed by atoms with Gasteiger partial charge in [-0.2, -0.15) is 0 Å². The number of guanidine groups is 1. The summed E-state index contributed by atoms with van der Waals surface area (Å²) in [6.45, 7) is 2.88. The smallest absolute Gasteiger partial charge is 0.338 e. The number of rotatable bonds is 5. The minimum atomic E-state index is -0.276. The van der Waals surface area contributed by atoms with Gasteiger partial charge in [0.25, 0.3) is 0 Å². The van der Waals surface area contributed by atoms with E-state index < -0.39 is 0 Å². The fourth-order valence-corrected chi connectivity index (χ4v) is 2.79. The monoisotopic (exact) mass is 445 g/mol. The van der Waals surface area contributed by atoms with Crippen LogP contribution in [0.25, 0.3) is 0 Å². The van der Waals surface area contributed by atoms with Gasteiger partial charge in [0.1, 0.15) is 0 Å². The van der Waals surface area contributed by atoms with Crippen LogP contribution >= 0.6 is 24.0 Å². The van der Waals surface area contributed by atoms with Gasteiger partial charge in [0.15, 0.2) is 5.96 Å². The Morgan fingerprint density at radius 2 is 1.88 bits per heavy atom. The second kappa shape index (κ2) is 11.3. The summed E-state index contributed by atoms with van der Waals surface area (Å²) < 4.78 is 4.98. The van der Waals surface area contributed by atoms with Crippen LogP contribution in [0, 0.1) is 0 Å². The maximum absolute atomic E-state index is 11.6. The third-order valence-corrected chi connectivity index (χ3v) is 4.09. The van der Waals surface area contributed by atoms with Crippen molar-refractivity contribution in [3.8, 4) is 0 Å². The molecule has 24 heavy (non-hydrogen) atoms. The molecule has 134 valence electrons. The molecule has 1 fully saturated rings. The average molecular weight is 445 g/mol. The molecule has 1 aromatic rings. The van der Waals surface area contributed by atoms with E-state index >= 15 is 0 Å². The number of benzene rings is 1. The lowest BCUT2D eigenvalue weighted by Gasteiger charge is -2.24. The molecule has 0 spiro atoms. The summed E-state index contributed by atoms with van der Waals surface area (Å²) in [4.78, 5) is 15.9. The topological polar surface area (TPSA) is 62.7 Å². The first-order chi connectivity index (χ1) is 11.2. The molecule has 0 unspecified atom stereocenters. The largest absolute Gasteiger partial charge is 0.462 e. The molecule has 1 aliphatic carbocycles. The number of nitrogens with zero attached hydrogens (tertiary/aromatic N) is 1. The third-order valence-electron chi connectivity index (χ3n) is 4.09. The van der Waals surface area contributed by atoms with Gasteiger partial charge in [-0.3, -0.25) is 4.99 Å². The van der Waals surface area contributed by atoms with Crippen molar-refractivity contribution in [2.75, 3.05) is 13.7 Å². The third kappa shape index (κ3) is 6.67. The fourth-order valence-electron chi connectivity index (χ4n) is 2.79. The van der Waals surface area contributed by atoms with E-state index in [-0.39, 0.29) is 29.9 Å². The van der Waals surface area contributed by atoms with Crippen molar-refractivity contribution >= 4 is 35.9 Å². The molecule has 0 bridgehead atoms. The minimum Gasteiger partial charge on any atom is -0.462 e. The number of esters is 1. The molecule has 1 saturated carbocycles. The van der Waals surface area contributed by atoms with Crippen molar-refractivity contribution in [2.45, 2.75) is 51.6 Å². The van der Waals surface area contributed by atoms with Crippen molar-refractivity contribution in [3.05, 3.63) is 35.4 Å². The molecule has 6 heteroatoms. The summed E-state index contributed by atoms with van der Waals surface area (Å²) in [6.07, 6.45) is 6.37. The van der Waals surface area contributed by atoms with Gasteiger partial charge in [-0.25, -0.2) is 4.79 Å². The molecule has 5 nitrogen and oxygen atoms in total. The van der Waals surface area contributed by atoms with Crippen LogP contribution in [-0.4, -0.2) is 31.6 Å². The van der Waals surface area contributed by atoms with Gasteiger partial charge >= 0.3 is 5.97 Å². The molecule has 0 heterocycles. The Morgan fingerprint density at radius 3 is 2.46 bits per heavy atom. The maximum atomic E-state index is 11.6. The van der Waals surface area contributed by atoms with Gasteiger partial charge < -0.3 is 15.4 Å². The SMILES string of the molecule is CCOC(=O)c1ccc(CNC(=NC)NC2CCCCC2)cc1.I. The van der Waals surface area contributed by atoms with E-state index in [1.807, 2.05) is 12.1 Å². The number of nitrogens with one attached hydrogen (secondary N) is 2. The van der Waals surface area contributed by atoms with E-state index in [1.54, 1.807) is 26.1 Å². The molecule has 0 aliphatic heterocycles. The Balaban J connectivity index is 0.00000288. The van der Waals surface area contributed by atoms with Crippen LogP contribution in [0.1, 0.15) is 54.9 Å². The van der Waals surface area contributed by atoms with Gasteiger partial charge in [0.05, 0.1) is 12.2 Å². The normalized spacial score (nSPS) is 15.3. The molecular formula is C18H28IN3O2. The van der Waals surface area contributed by atoms with Crippen molar-refractivity contribution in [1.29, 1.82) is 0 Å². The highest BCUT2D eigenvalue weighted by Gasteiger charge is 2.14. The average Bonchev–Trinajstić information content (AvgIpc) is 2.60. The lowest BCUT2D eigenvalue weighted by molar-refractivity contribution is 0.0526. The number of hydrogen-bond donors (Lipinski definition) is 2. The number of hydrogen-bond acceptors (Lipinski definition) is 3. The van der Waals surface area contributed by atoms with E-state index in [0.717, 1.165) is 11.5 Å². The molecule has 0 aromatic heterocycles. The molecular weight excluding hydrogens is 417 g/mol. The van der Waals surface area contributed by atoms with Crippen molar-refractivity contribution < 1.29 is 9.53 Å². The molecule has 1 aromatic carbocycles. The first-order valence-electron chi connectivity index (χ1n) is 8.46. The summed E-state index contributed by atoms with van der Waals surface area (Å²) in [6, 6.07) is 8.00. The van der Waals surface area contributed by atoms with E-state index in [9.17, 15) is 4.79 Å². The zero-order valence-corrected chi connectivity index (χ0v) is 16.8. The summed E-state index contributed by atoms with van der Waals surface area (Å²) in [7, 11) is 1.79. The van der Waals surface area contributed by atoms with Gasteiger partial charge in [-0.15, -0.1) is 24.0 Å². The Morgan fingerprint density at radius 1 is 1.21 bits per heavy atom. The molecule has 0 radical (unpaired) electrons. The Bertz CT molecular complexity index is 526. The number of halogens is 1. The molecule has 0 amide bonds. The first kappa shape index (κ1) is 20.7. The first-order valence-corrected chi connectivity index (χ1v) is 8.46. The minimum absolute atomic E-state index is 0. The van der Waals surface area contributed by atoms with Crippen molar-refractivity contribution in [3.63, 3.8) is 0 Å². The number of aliphatic imine (C=N–C) groups is 1. The molecule has 2 N–H and O–H groups in total. The van der Waals surface area contributed by atoms with E-state index in [4.69, 9.17) is 4.74 Å². The summed E-state index contributed by atoms with van der Waals surface area (Å²) in [5.74, 6) is 0.563. The Kier molecular flexibility index (Phi) is 9.75. The van der Waals surface area contributed by atoms with Crippen LogP contribution in [0.3, 0.4) is 0 Å². The van der Waals surface area contributed by atoms with Crippen LogP contribution in [0.4, 0.5) is 0 Å². The molecule has 0 atom stereocenters. The quantitative estimate of drug-likeness (QED) is 0.315. The van der Waals surface area contributed by atoms with Gasteiger partial charge in [-0.05, 0) is 37.5 Å². The highest BCUT2D eigenvalue weighted by Crippen LogP contribution is 2.17. The summed E-state index contributed by atoms with van der Waals surface area (Å²) in [5, 5.41) is 6.82. The Hall–Kier alpha value is -1.31. The zero-order chi connectivity index (χ0) is 16.5. The molecule has 0 saturated heterocycles. The van der Waals surface area contributed by atoms with Crippen LogP contribution in [-0.2, 0) is 11.3 Å². The van der Waals surface area contributed by atoms with Crippen LogP contribution in [0.2, 0.25) is 0 Å². The van der Waals surface area contributed by atoms with E-state index in [1.165, 1.54) is 32.1 Å². The highest BCUT2D eigenvalue weighted by molar-refractivity contribution is 14.0. The van der Waals surface area contributed by atoms with Gasteiger partial charge in [-0.1, -0.05) is 31.4 Å². The number of carbonyl (C=O) groups excluding carboxylic acids is 1.